The molecule has 0 aromatic heterocycles. The monoisotopic (exact) mass is 333 g/mol. The van der Waals surface area contributed by atoms with Crippen molar-refractivity contribution in [2.75, 3.05) is 12.4 Å². The summed E-state index contributed by atoms with van der Waals surface area (Å²) in [5.74, 6) is 0.0325. The summed E-state index contributed by atoms with van der Waals surface area (Å²) in [6, 6.07) is 7.74. The maximum atomic E-state index is 11.5. The van der Waals surface area contributed by atoms with Gasteiger partial charge in [0.25, 0.3) is 0 Å². The molecule has 0 aliphatic heterocycles. The number of ether oxygens (including phenoxy) is 1. The van der Waals surface area contributed by atoms with E-state index in [1.165, 1.54) is 0 Å². The van der Waals surface area contributed by atoms with Crippen molar-refractivity contribution in [3.05, 3.63) is 27.8 Å². The Labute approximate surface area is 110 Å². The first-order valence-corrected chi connectivity index (χ1v) is 6.28. The first kappa shape index (κ1) is 13.4. The molecule has 3 nitrogen and oxygen atoms in total. The van der Waals surface area contributed by atoms with E-state index in [1.807, 2.05) is 31.2 Å². The second kappa shape index (κ2) is 6.85. The van der Waals surface area contributed by atoms with Crippen molar-refractivity contribution in [3.8, 4) is 0 Å². The Morgan fingerprint density at radius 1 is 1.44 bits per heavy atom. The van der Waals surface area contributed by atoms with Crippen LogP contribution < -0.4 is 5.32 Å². The lowest BCUT2D eigenvalue weighted by atomic mass is 10.2. The lowest BCUT2D eigenvalue weighted by Crippen LogP contribution is -2.15. The molecule has 16 heavy (non-hydrogen) atoms. The number of benzene rings is 1. The second-order valence-electron chi connectivity index (χ2n) is 3.64. The molecular formula is C12H16INO2. The summed E-state index contributed by atoms with van der Waals surface area (Å²) in [5.41, 5.74) is 0.843. The molecule has 0 saturated carbocycles. The van der Waals surface area contributed by atoms with Crippen molar-refractivity contribution in [1.82, 2.24) is 0 Å². The summed E-state index contributed by atoms with van der Waals surface area (Å²) in [6.07, 6.45) is 1.36. The topological polar surface area (TPSA) is 38.3 Å². The summed E-state index contributed by atoms with van der Waals surface area (Å²) < 4.78 is 6.24. The third kappa shape index (κ3) is 4.94. The van der Waals surface area contributed by atoms with E-state index in [0.717, 1.165) is 15.7 Å². The van der Waals surface area contributed by atoms with Gasteiger partial charge in [0.05, 0.1) is 6.10 Å². The van der Waals surface area contributed by atoms with Crippen LogP contribution >= 0.6 is 22.6 Å². The standard InChI is InChI=1S/C12H16INO2/c1-9(16-2)3-8-12(15)14-11-6-4-10(13)5-7-11/h4-7,9H,3,8H2,1-2H3,(H,14,15). The summed E-state index contributed by atoms with van der Waals surface area (Å²) in [6.45, 7) is 1.96. The second-order valence-corrected chi connectivity index (χ2v) is 4.89. The van der Waals surface area contributed by atoms with E-state index in [-0.39, 0.29) is 12.0 Å². The van der Waals surface area contributed by atoms with Crippen LogP contribution in [0.2, 0.25) is 0 Å². The quantitative estimate of drug-likeness (QED) is 0.841. The molecule has 1 atom stereocenters. The Bertz CT molecular complexity index is 337. The lowest BCUT2D eigenvalue weighted by Gasteiger charge is -2.09. The molecule has 0 aliphatic carbocycles. The van der Waals surface area contributed by atoms with Gasteiger partial charge in [-0.05, 0) is 60.2 Å². The molecule has 1 aromatic carbocycles. The van der Waals surface area contributed by atoms with Crippen molar-refractivity contribution >= 4 is 34.2 Å². The Hall–Kier alpha value is -0.620. The van der Waals surface area contributed by atoms with Crippen molar-refractivity contribution in [2.45, 2.75) is 25.9 Å². The van der Waals surface area contributed by atoms with Crippen molar-refractivity contribution in [1.29, 1.82) is 0 Å². The van der Waals surface area contributed by atoms with E-state index in [4.69, 9.17) is 4.74 Å². The van der Waals surface area contributed by atoms with E-state index in [1.54, 1.807) is 7.11 Å². The normalized spacial score (nSPS) is 12.2. The number of hydrogen-bond acceptors (Lipinski definition) is 2. The minimum absolute atomic E-state index is 0.0325. The van der Waals surface area contributed by atoms with Crippen LogP contribution in [0, 0.1) is 3.57 Å². The van der Waals surface area contributed by atoms with Crippen LogP contribution in [0.5, 0.6) is 0 Å². The molecule has 0 heterocycles. The number of carbonyl (C=O) groups is 1. The third-order valence-corrected chi connectivity index (χ3v) is 3.03. The average Bonchev–Trinajstić information content (AvgIpc) is 2.29. The predicted molar refractivity (Wildman–Crippen MR) is 73.5 cm³/mol. The zero-order valence-electron chi connectivity index (χ0n) is 9.50. The Kier molecular flexibility index (Phi) is 5.76. The zero-order chi connectivity index (χ0) is 12.0. The number of carbonyl (C=O) groups excluding carboxylic acids is 1. The van der Waals surface area contributed by atoms with Crippen molar-refractivity contribution in [3.63, 3.8) is 0 Å². The van der Waals surface area contributed by atoms with Crippen molar-refractivity contribution in [2.24, 2.45) is 0 Å². The molecule has 0 saturated heterocycles. The van der Waals surface area contributed by atoms with Gasteiger partial charge in [-0.2, -0.15) is 0 Å². The maximum absolute atomic E-state index is 11.5. The predicted octanol–water partition coefficient (Wildman–Crippen LogP) is 3.04. The van der Waals surface area contributed by atoms with Crippen LogP contribution in [0.4, 0.5) is 5.69 Å². The molecule has 1 amide bonds. The number of amides is 1. The molecule has 1 rings (SSSR count). The summed E-state index contributed by atoms with van der Waals surface area (Å²) in [7, 11) is 1.65. The minimum atomic E-state index is 0.0325. The van der Waals surface area contributed by atoms with E-state index >= 15 is 0 Å². The van der Waals surface area contributed by atoms with Gasteiger partial charge in [-0.25, -0.2) is 0 Å². The van der Waals surface area contributed by atoms with Crippen LogP contribution in [0.15, 0.2) is 24.3 Å². The summed E-state index contributed by atoms with van der Waals surface area (Å²) >= 11 is 2.23. The fourth-order valence-electron chi connectivity index (χ4n) is 1.21. The van der Waals surface area contributed by atoms with Gasteiger partial charge in [0.2, 0.25) is 5.91 Å². The third-order valence-electron chi connectivity index (χ3n) is 2.31. The average molecular weight is 333 g/mol. The number of rotatable bonds is 5. The highest BCUT2D eigenvalue weighted by atomic mass is 127. The molecule has 0 aliphatic rings. The molecule has 0 radical (unpaired) electrons. The molecule has 1 unspecified atom stereocenters. The number of methoxy groups -OCH3 is 1. The number of hydrogen-bond donors (Lipinski definition) is 1. The van der Waals surface area contributed by atoms with Gasteiger partial charge in [-0.1, -0.05) is 0 Å². The number of nitrogens with one attached hydrogen (secondary N) is 1. The summed E-state index contributed by atoms with van der Waals surface area (Å²) in [5, 5.41) is 2.85. The van der Waals surface area contributed by atoms with Gasteiger partial charge in [0.15, 0.2) is 0 Å². The molecule has 1 N–H and O–H groups in total. The van der Waals surface area contributed by atoms with E-state index < -0.39 is 0 Å². The fourth-order valence-corrected chi connectivity index (χ4v) is 1.57. The Balaban J connectivity index is 2.37. The van der Waals surface area contributed by atoms with Crippen LogP contribution in [-0.4, -0.2) is 19.1 Å². The number of anilines is 1. The highest BCUT2D eigenvalue weighted by Crippen LogP contribution is 2.12. The summed E-state index contributed by atoms with van der Waals surface area (Å²) in [4.78, 5) is 11.5. The molecule has 88 valence electrons. The largest absolute Gasteiger partial charge is 0.382 e. The Morgan fingerprint density at radius 3 is 2.62 bits per heavy atom. The van der Waals surface area contributed by atoms with E-state index in [0.29, 0.717) is 6.42 Å². The molecule has 0 spiro atoms. The smallest absolute Gasteiger partial charge is 0.224 e. The van der Waals surface area contributed by atoms with Crippen LogP contribution in [0.25, 0.3) is 0 Å². The van der Waals surface area contributed by atoms with Crippen molar-refractivity contribution < 1.29 is 9.53 Å². The van der Waals surface area contributed by atoms with E-state index in [2.05, 4.69) is 27.9 Å². The lowest BCUT2D eigenvalue weighted by molar-refractivity contribution is -0.116. The van der Waals surface area contributed by atoms with Crippen LogP contribution in [0.1, 0.15) is 19.8 Å². The van der Waals surface area contributed by atoms with Gasteiger partial charge in [-0.3, -0.25) is 4.79 Å². The van der Waals surface area contributed by atoms with Crippen LogP contribution in [0.3, 0.4) is 0 Å². The van der Waals surface area contributed by atoms with Gasteiger partial charge in [0.1, 0.15) is 0 Å². The number of halogens is 1. The fraction of sp³-hybridized carbons (Fsp3) is 0.417. The molecule has 0 fully saturated rings. The minimum Gasteiger partial charge on any atom is -0.382 e. The highest BCUT2D eigenvalue weighted by molar-refractivity contribution is 14.1. The molecule has 0 bridgehead atoms. The zero-order valence-corrected chi connectivity index (χ0v) is 11.7. The maximum Gasteiger partial charge on any atom is 0.224 e. The van der Waals surface area contributed by atoms with E-state index in [9.17, 15) is 4.79 Å². The Morgan fingerprint density at radius 2 is 2.06 bits per heavy atom. The SMILES string of the molecule is COC(C)CCC(=O)Nc1ccc(I)cc1. The van der Waals surface area contributed by atoms with Gasteiger partial charge in [-0.15, -0.1) is 0 Å². The first-order chi connectivity index (χ1) is 7.61. The van der Waals surface area contributed by atoms with Gasteiger partial charge < -0.3 is 10.1 Å². The van der Waals surface area contributed by atoms with Gasteiger partial charge in [0, 0.05) is 22.8 Å². The highest BCUT2D eigenvalue weighted by Gasteiger charge is 2.05. The molecule has 1 aromatic rings. The first-order valence-electron chi connectivity index (χ1n) is 5.20. The molecular weight excluding hydrogens is 317 g/mol. The van der Waals surface area contributed by atoms with Crippen LogP contribution in [-0.2, 0) is 9.53 Å². The molecule has 4 heteroatoms. The van der Waals surface area contributed by atoms with Gasteiger partial charge >= 0.3 is 0 Å².